The smallest absolute Gasteiger partial charge is 0.240 e. The number of ether oxygens (including phenoxy) is 1. The summed E-state index contributed by atoms with van der Waals surface area (Å²) in [6, 6.07) is 8.06. The van der Waals surface area contributed by atoms with Crippen LogP contribution >= 0.6 is 23.1 Å². The third kappa shape index (κ3) is 5.44. The van der Waals surface area contributed by atoms with Crippen molar-refractivity contribution in [2.24, 2.45) is 0 Å². The van der Waals surface area contributed by atoms with Crippen LogP contribution in [0, 0.1) is 5.82 Å². The van der Waals surface area contributed by atoms with Crippen molar-refractivity contribution in [3.8, 4) is 5.69 Å². The Balaban J connectivity index is 1.92. The second-order valence-electron chi connectivity index (χ2n) is 9.29. The normalized spacial score (nSPS) is 16.2. The maximum Gasteiger partial charge on any atom is 0.240 e. The number of benzene rings is 1. The van der Waals surface area contributed by atoms with Gasteiger partial charge in [-0.25, -0.2) is 9.07 Å². The van der Waals surface area contributed by atoms with Crippen LogP contribution < -0.4 is 10.2 Å². The van der Waals surface area contributed by atoms with Crippen LogP contribution in [0.2, 0.25) is 0 Å². The first-order valence-electron chi connectivity index (χ1n) is 11.3. The SMILES string of the molecule is COCCNC(=O)CN1C(=O)CS[C@@H](c2ccsc2)c2c(C(C)(C)C)nn(-c3ccc(F)cc3)c21. The van der Waals surface area contributed by atoms with E-state index in [-0.39, 0.29) is 40.6 Å². The highest BCUT2D eigenvalue weighted by atomic mass is 32.2. The number of thiophene rings is 1. The van der Waals surface area contributed by atoms with E-state index < -0.39 is 0 Å². The summed E-state index contributed by atoms with van der Waals surface area (Å²) in [6.45, 7) is 6.81. The first kappa shape index (κ1) is 25.4. The number of nitrogens with one attached hydrogen (secondary N) is 1. The van der Waals surface area contributed by atoms with E-state index in [2.05, 4.69) is 37.5 Å². The predicted molar refractivity (Wildman–Crippen MR) is 138 cm³/mol. The molecule has 2 amide bonds. The highest BCUT2D eigenvalue weighted by molar-refractivity contribution is 8.00. The summed E-state index contributed by atoms with van der Waals surface area (Å²) in [5.41, 5.74) is 3.10. The molecule has 1 aliphatic rings. The molecule has 0 fully saturated rings. The van der Waals surface area contributed by atoms with E-state index in [1.54, 1.807) is 35.3 Å². The molecule has 1 aromatic carbocycles. The highest BCUT2D eigenvalue weighted by Gasteiger charge is 2.40. The van der Waals surface area contributed by atoms with Gasteiger partial charge in [0, 0.05) is 24.6 Å². The lowest BCUT2D eigenvalue weighted by Gasteiger charge is -2.24. The number of amides is 2. The van der Waals surface area contributed by atoms with Crippen LogP contribution in [0.3, 0.4) is 0 Å². The van der Waals surface area contributed by atoms with E-state index in [1.165, 1.54) is 28.8 Å². The molecule has 0 unspecified atom stereocenters. The number of carbonyl (C=O) groups excluding carboxylic acids is 2. The average molecular weight is 517 g/mol. The third-order valence-electron chi connectivity index (χ3n) is 5.65. The first-order chi connectivity index (χ1) is 16.7. The Kier molecular flexibility index (Phi) is 7.63. The lowest BCUT2D eigenvalue weighted by Crippen LogP contribution is -2.43. The van der Waals surface area contributed by atoms with Gasteiger partial charge in [0.2, 0.25) is 11.8 Å². The number of anilines is 1. The zero-order chi connectivity index (χ0) is 25.2. The number of hydrogen-bond acceptors (Lipinski definition) is 6. The number of hydrogen-bond donors (Lipinski definition) is 1. The molecule has 1 N–H and O–H groups in total. The molecule has 1 aliphatic heterocycles. The summed E-state index contributed by atoms with van der Waals surface area (Å²) in [5, 5.41) is 11.7. The number of rotatable bonds is 7. The molecule has 3 aromatic rings. The van der Waals surface area contributed by atoms with E-state index in [9.17, 15) is 14.0 Å². The topological polar surface area (TPSA) is 76.5 Å². The van der Waals surface area contributed by atoms with Crippen LogP contribution in [0.25, 0.3) is 5.69 Å². The molecule has 0 saturated heterocycles. The van der Waals surface area contributed by atoms with Gasteiger partial charge in [0.1, 0.15) is 18.2 Å². The number of nitrogens with zero attached hydrogens (tertiary/aromatic N) is 3. The highest BCUT2D eigenvalue weighted by Crippen LogP contribution is 2.48. The van der Waals surface area contributed by atoms with Gasteiger partial charge < -0.3 is 10.1 Å². The van der Waals surface area contributed by atoms with Crippen molar-refractivity contribution in [1.82, 2.24) is 15.1 Å². The van der Waals surface area contributed by atoms with Crippen molar-refractivity contribution < 1.29 is 18.7 Å². The summed E-state index contributed by atoms with van der Waals surface area (Å²) < 4.78 is 20.4. The van der Waals surface area contributed by atoms with Crippen molar-refractivity contribution in [1.29, 1.82) is 0 Å². The van der Waals surface area contributed by atoms with Crippen LogP contribution in [0.1, 0.15) is 42.8 Å². The summed E-state index contributed by atoms with van der Waals surface area (Å²) in [6.07, 6.45) is 0. The molecule has 7 nitrogen and oxygen atoms in total. The fraction of sp³-hybridized carbons (Fsp3) is 0.400. The number of carbonyl (C=O) groups is 2. The average Bonchev–Trinajstić information content (AvgIpc) is 3.45. The third-order valence-corrected chi connectivity index (χ3v) is 7.60. The molecule has 0 radical (unpaired) electrons. The number of thioether (sulfide) groups is 1. The van der Waals surface area contributed by atoms with Gasteiger partial charge in [0.05, 0.1) is 29.0 Å². The maximum absolute atomic E-state index is 13.7. The predicted octanol–water partition coefficient (Wildman–Crippen LogP) is 4.30. The first-order valence-corrected chi connectivity index (χ1v) is 13.3. The summed E-state index contributed by atoms with van der Waals surface area (Å²) in [7, 11) is 1.56. The number of aromatic nitrogens is 2. The summed E-state index contributed by atoms with van der Waals surface area (Å²) in [5.74, 6) is -0.0630. The lowest BCUT2D eigenvalue weighted by atomic mass is 9.87. The Bertz CT molecular complexity index is 1190. The van der Waals surface area contributed by atoms with Gasteiger partial charge in [0.15, 0.2) is 0 Å². The van der Waals surface area contributed by atoms with E-state index in [0.717, 1.165) is 16.8 Å². The molecule has 2 aromatic heterocycles. The standard InChI is InChI=1S/C25H29FN4O3S2/c1-25(2,3)23-21-22(16-9-12-34-14-16)35-15-20(32)29(13-19(31)27-10-11-33-4)24(21)30(28-23)18-7-5-17(26)6-8-18/h5-9,12,14,22H,10-11,13,15H2,1-4H3,(H,27,31)/t22-/m0/s1. The minimum absolute atomic E-state index is 0.134. The number of methoxy groups -OCH3 is 1. The minimum atomic E-state index is -0.361. The Labute approximate surface area is 212 Å². The Morgan fingerprint density at radius 3 is 2.63 bits per heavy atom. The monoisotopic (exact) mass is 516 g/mol. The Hall–Kier alpha value is -2.69. The van der Waals surface area contributed by atoms with Crippen LogP contribution in [0.4, 0.5) is 10.2 Å². The zero-order valence-electron chi connectivity index (χ0n) is 20.2. The van der Waals surface area contributed by atoms with Crippen molar-refractivity contribution in [2.75, 3.05) is 37.5 Å². The summed E-state index contributed by atoms with van der Waals surface area (Å²) in [4.78, 5) is 27.8. The Morgan fingerprint density at radius 1 is 1.26 bits per heavy atom. The van der Waals surface area contributed by atoms with Crippen LogP contribution in [-0.4, -0.2) is 54.2 Å². The van der Waals surface area contributed by atoms with Crippen molar-refractivity contribution >= 4 is 40.7 Å². The van der Waals surface area contributed by atoms with Crippen molar-refractivity contribution in [2.45, 2.75) is 31.4 Å². The molecule has 1 atom stereocenters. The van der Waals surface area contributed by atoms with Crippen LogP contribution in [0.15, 0.2) is 41.1 Å². The van der Waals surface area contributed by atoms with Gasteiger partial charge in [-0.1, -0.05) is 20.8 Å². The molecule has 0 saturated carbocycles. The van der Waals surface area contributed by atoms with Crippen LogP contribution in [0.5, 0.6) is 0 Å². The number of halogens is 1. The Morgan fingerprint density at radius 2 is 2.00 bits per heavy atom. The van der Waals surface area contributed by atoms with E-state index >= 15 is 0 Å². The van der Waals surface area contributed by atoms with Gasteiger partial charge in [-0.3, -0.25) is 14.5 Å². The lowest BCUT2D eigenvalue weighted by molar-refractivity contribution is -0.123. The van der Waals surface area contributed by atoms with E-state index in [1.807, 2.05) is 5.38 Å². The van der Waals surface area contributed by atoms with Gasteiger partial charge >= 0.3 is 0 Å². The van der Waals surface area contributed by atoms with Gasteiger partial charge in [-0.05, 0) is 46.7 Å². The van der Waals surface area contributed by atoms with Gasteiger partial charge in [0.25, 0.3) is 0 Å². The molecule has 3 heterocycles. The molecule has 0 aliphatic carbocycles. The number of fused-ring (bicyclic) bond motifs is 1. The van der Waals surface area contributed by atoms with E-state index in [4.69, 9.17) is 9.84 Å². The second kappa shape index (κ2) is 10.5. The second-order valence-corrected chi connectivity index (χ2v) is 11.2. The molecule has 35 heavy (non-hydrogen) atoms. The molecule has 0 spiro atoms. The fourth-order valence-electron chi connectivity index (χ4n) is 4.01. The zero-order valence-corrected chi connectivity index (χ0v) is 21.8. The molecule has 186 valence electrons. The van der Waals surface area contributed by atoms with Crippen LogP contribution in [-0.2, 0) is 19.7 Å². The maximum atomic E-state index is 13.7. The largest absolute Gasteiger partial charge is 0.383 e. The molecular weight excluding hydrogens is 487 g/mol. The van der Waals surface area contributed by atoms with Gasteiger partial charge in [-0.2, -0.15) is 16.4 Å². The summed E-state index contributed by atoms with van der Waals surface area (Å²) >= 11 is 3.14. The van der Waals surface area contributed by atoms with Gasteiger partial charge in [-0.15, -0.1) is 11.8 Å². The quantitative estimate of drug-likeness (QED) is 0.474. The minimum Gasteiger partial charge on any atom is -0.383 e. The molecular formula is C25H29FN4O3S2. The van der Waals surface area contributed by atoms with Crippen molar-refractivity contribution in [3.05, 3.63) is 63.7 Å². The molecule has 0 bridgehead atoms. The molecule has 4 rings (SSSR count). The molecule has 10 heteroatoms. The fourth-order valence-corrected chi connectivity index (χ4v) is 5.97. The van der Waals surface area contributed by atoms with E-state index in [0.29, 0.717) is 24.7 Å². The van der Waals surface area contributed by atoms with Crippen molar-refractivity contribution in [3.63, 3.8) is 0 Å².